The van der Waals surface area contributed by atoms with E-state index in [1.54, 1.807) is 0 Å². The Morgan fingerprint density at radius 1 is 1.45 bits per heavy atom. The molecule has 5 heteroatoms. The van der Waals surface area contributed by atoms with E-state index in [0.29, 0.717) is 12.5 Å². The molecule has 0 spiro atoms. The molecule has 22 heavy (non-hydrogen) atoms. The number of carbonyl (C=O) groups excluding carboxylic acids is 1. The second kappa shape index (κ2) is 7.27. The van der Waals surface area contributed by atoms with Gasteiger partial charge < -0.3 is 10.1 Å². The second-order valence-electron chi connectivity index (χ2n) is 6.64. The van der Waals surface area contributed by atoms with Crippen molar-refractivity contribution in [2.45, 2.75) is 53.1 Å². The van der Waals surface area contributed by atoms with E-state index in [1.165, 1.54) is 11.3 Å². The number of aryl methyl sites for hydroxylation is 2. The lowest BCUT2D eigenvalue weighted by molar-refractivity contribution is -0.137. The van der Waals surface area contributed by atoms with Gasteiger partial charge in [-0.25, -0.2) is 0 Å². The first-order valence-electron chi connectivity index (χ1n) is 8.30. The third kappa shape index (κ3) is 3.69. The van der Waals surface area contributed by atoms with Crippen molar-refractivity contribution in [3.05, 3.63) is 17.0 Å². The maximum atomic E-state index is 12.5. The summed E-state index contributed by atoms with van der Waals surface area (Å²) in [5.41, 5.74) is 3.46. The van der Waals surface area contributed by atoms with E-state index in [4.69, 9.17) is 4.74 Å². The number of hydrogen-bond acceptors (Lipinski definition) is 3. The summed E-state index contributed by atoms with van der Waals surface area (Å²) in [4.78, 5) is 12.5. The number of rotatable bonds is 5. The molecule has 0 bridgehead atoms. The molecule has 1 aliphatic rings. The second-order valence-corrected chi connectivity index (χ2v) is 6.64. The van der Waals surface area contributed by atoms with Gasteiger partial charge in [-0.2, -0.15) is 5.10 Å². The summed E-state index contributed by atoms with van der Waals surface area (Å²) in [6.45, 7) is 9.78. The first-order chi connectivity index (χ1) is 10.4. The lowest BCUT2D eigenvalue weighted by atomic mass is 9.87. The van der Waals surface area contributed by atoms with Crippen LogP contribution in [0.3, 0.4) is 0 Å². The van der Waals surface area contributed by atoms with E-state index in [-0.39, 0.29) is 17.9 Å². The van der Waals surface area contributed by atoms with Crippen LogP contribution < -0.4 is 5.32 Å². The first-order valence-corrected chi connectivity index (χ1v) is 8.30. The highest BCUT2D eigenvalue weighted by Gasteiger charge is 2.33. The summed E-state index contributed by atoms with van der Waals surface area (Å²) < 4.78 is 7.70. The van der Waals surface area contributed by atoms with Gasteiger partial charge >= 0.3 is 0 Å². The molecule has 2 heterocycles. The van der Waals surface area contributed by atoms with Crippen molar-refractivity contribution in [2.24, 2.45) is 18.9 Å². The summed E-state index contributed by atoms with van der Waals surface area (Å²) in [5.74, 6) is 0.501. The standard InChI is InChI=1S/C17H29N3O2/c1-11(2)16-15(7-6-10-22-16)17(21)18-9-8-14-12(3)19-20(5)13(14)4/h11,15-16H,6-10H2,1-5H3,(H,18,21)/t15-,16+/m1/s1. The quantitative estimate of drug-likeness (QED) is 0.907. The molecule has 0 aliphatic carbocycles. The Kier molecular flexibility index (Phi) is 5.62. The molecule has 1 aliphatic heterocycles. The molecule has 1 saturated heterocycles. The number of hydrogen-bond donors (Lipinski definition) is 1. The highest BCUT2D eigenvalue weighted by Crippen LogP contribution is 2.26. The summed E-state index contributed by atoms with van der Waals surface area (Å²) in [5, 5.41) is 7.51. The average Bonchev–Trinajstić information content (AvgIpc) is 2.73. The fraction of sp³-hybridized carbons (Fsp3) is 0.765. The summed E-state index contributed by atoms with van der Waals surface area (Å²) in [7, 11) is 1.96. The number of aromatic nitrogens is 2. The minimum absolute atomic E-state index is 0.00941. The van der Waals surface area contributed by atoms with Gasteiger partial charge in [0.1, 0.15) is 0 Å². The zero-order valence-electron chi connectivity index (χ0n) is 14.5. The molecule has 0 aromatic carbocycles. The van der Waals surface area contributed by atoms with Gasteiger partial charge in [0.15, 0.2) is 0 Å². The zero-order valence-corrected chi connectivity index (χ0v) is 14.5. The molecule has 1 N–H and O–H groups in total. The van der Waals surface area contributed by atoms with Gasteiger partial charge in [-0.1, -0.05) is 13.8 Å². The first kappa shape index (κ1) is 17.0. The normalized spacial score (nSPS) is 22.1. The molecule has 2 rings (SSSR count). The zero-order chi connectivity index (χ0) is 16.3. The summed E-state index contributed by atoms with van der Waals surface area (Å²) in [6, 6.07) is 0. The molecule has 1 amide bonds. The van der Waals surface area contributed by atoms with Crippen molar-refractivity contribution in [3.8, 4) is 0 Å². The van der Waals surface area contributed by atoms with Crippen LogP contribution in [0.25, 0.3) is 0 Å². The van der Waals surface area contributed by atoms with Gasteiger partial charge in [0.25, 0.3) is 0 Å². The third-order valence-electron chi connectivity index (χ3n) is 4.69. The molecular formula is C17H29N3O2. The van der Waals surface area contributed by atoms with Crippen molar-refractivity contribution < 1.29 is 9.53 Å². The van der Waals surface area contributed by atoms with Crippen LogP contribution in [0.15, 0.2) is 0 Å². The van der Waals surface area contributed by atoms with Crippen LogP contribution in [0.1, 0.15) is 43.6 Å². The van der Waals surface area contributed by atoms with Crippen molar-refractivity contribution in [2.75, 3.05) is 13.2 Å². The molecule has 0 unspecified atom stereocenters. The minimum atomic E-state index is -0.00941. The van der Waals surface area contributed by atoms with Gasteiger partial charge in [0, 0.05) is 25.9 Å². The fourth-order valence-electron chi connectivity index (χ4n) is 3.36. The van der Waals surface area contributed by atoms with Crippen LogP contribution in [-0.2, 0) is 23.0 Å². The number of carbonyl (C=O) groups is 1. The Morgan fingerprint density at radius 3 is 2.77 bits per heavy atom. The van der Waals surface area contributed by atoms with Crippen molar-refractivity contribution in [1.29, 1.82) is 0 Å². The maximum Gasteiger partial charge on any atom is 0.225 e. The highest BCUT2D eigenvalue weighted by atomic mass is 16.5. The van der Waals surface area contributed by atoms with Crippen LogP contribution in [-0.4, -0.2) is 34.9 Å². The lowest BCUT2D eigenvalue weighted by Crippen LogP contribution is -2.44. The van der Waals surface area contributed by atoms with E-state index in [1.807, 2.05) is 18.7 Å². The SMILES string of the molecule is Cc1nn(C)c(C)c1CCNC(=O)[C@@H]1CCCO[C@H]1C(C)C. The van der Waals surface area contributed by atoms with E-state index >= 15 is 0 Å². The molecule has 1 aromatic rings. The Hall–Kier alpha value is -1.36. The van der Waals surface area contributed by atoms with Crippen LogP contribution in [0, 0.1) is 25.7 Å². The monoisotopic (exact) mass is 307 g/mol. The predicted molar refractivity (Wildman–Crippen MR) is 86.7 cm³/mol. The van der Waals surface area contributed by atoms with Crippen LogP contribution in [0.2, 0.25) is 0 Å². The summed E-state index contributed by atoms with van der Waals surface area (Å²) in [6.07, 6.45) is 2.79. The van der Waals surface area contributed by atoms with Crippen molar-refractivity contribution >= 4 is 5.91 Å². The van der Waals surface area contributed by atoms with Gasteiger partial charge in [-0.15, -0.1) is 0 Å². The largest absolute Gasteiger partial charge is 0.377 e. The molecule has 1 fully saturated rings. The van der Waals surface area contributed by atoms with E-state index in [9.17, 15) is 4.79 Å². The average molecular weight is 307 g/mol. The lowest BCUT2D eigenvalue weighted by Gasteiger charge is -2.33. The van der Waals surface area contributed by atoms with Crippen LogP contribution in [0.4, 0.5) is 0 Å². The highest BCUT2D eigenvalue weighted by molar-refractivity contribution is 5.79. The van der Waals surface area contributed by atoms with Gasteiger partial charge in [-0.3, -0.25) is 9.48 Å². The van der Waals surface area contributed by atoms with Gasteiger partial charge in [0.2, 0.25) is 5.91 Å². The smallest absolute Gasteiger partial charge is 0.225 e. The van der Waals surface area contributed by atoms with Gasteiger partial charge in [0.05, 0.1) is 17.7 Å². The molecule has 2 atom stereocenters. The van der Waals surface area contributed by atoms with E-state index < -0.39 is 0 Å². The van der Waals surface area contributed by atoms with Crippen molar-refractivity contribution in [3.63, 3.8) is 0 Å². The fourth-order valence-corrected chi connectivity index (χ4v) is 3.36. The number of nitrogens with one attached hydrogen (secondary N) is 1. The maximum absolute atomic E-state index is 12.5. The topological polar surface area (TPSA) is 56.2 Å². The Labute approximate surface area is 133 Å². The summed E-state index contributed by atoms with van der Waals surface area (Å²) >= 11 is 0. The third-order valence-corrected chi connectivity index (χ3v) is 4.69. The molecular weight excluding hydrogens is 278 g/mol. The number of ether oxygens (including phenoxy) is 1. The Balaban J connectivity index is 1.89. The van der Waals surface area contributed by atoms with Crippen LogP contribution in [0.5, 0.6) is 0 Å². The Morgan fingerprint density at radius 2 is 2.18 bits per heavy atom. The molecule has 0 saturated carbocycles. The molecule has 124 valence electrons. The molecule has 5 nitrogen and oxygen atoms in total. The molecule has 1 aromatic heterocycles. The predicted octanol–water partition coefficient (Wildman–Crippen LogP) is 2.15. The van der Waals surface area contributed by atoms with Crippen LogP contribution >= 0.6 is 0 Å². The molecule has 0 radical (unpaired) electrons. The number of amides is 1. The van der Waals surface area contributed by atoms with Gasteiger partial charge in [-0.05, 0) is 44.6 Å². The van der Waals surface area contributed by atoms with E-state index in [2.05, 4.69) is 31.2 Å². The van der Waals surface area contributed by atoms with Crippen molar-refractivity contribution in [1.82, 2.24) is 15.1 Å². The minimum Gasteiger partial charge on any atom is -0.377 e. The van der Waals surface area contributed by atoms with E-state index in [0.717, 1.165) is 31.6 Å². The number of nitrogens with zero attached hydrogens (tertiary/aromatic N) is 2. The Bertz CT molecular complexity index is 522.